The highest BCUT2D eigenvalue weighted by atomic mass is 32.2. The van der Waals surface area contributed by atoms with E-state index in [0.29, 0.717) is 25.1 Å². The van der Waals surface area contributed by atoms with Crippen LogP contribution in [0.2, 0.25) is 0 Å². The molecule has 0 aromatic heterocycles. The van der Waals surface area contributed by atoms with Crippen molar-refractivity contribution < 1.29 is 18.0 Å². The molecule has 1 aliphatic rings. The van der Waals surface area contributed by atoms with Crippen LogP contribution in [0.25, 0.3) is 0 Å². The minimum absolute atomic E-state index is 0.108. The van der Waals surface area contributed by atoms with Gasteiger partial charge in [0.05, 0.1) is 10.6 Å². The van der Waals surface area contributed by atoms with Gasteiger partial charge >= 0.3 is 0 Å². The predicted molar refractivity (Wildman–Crippen MR) is 168 cm³/mol. The molecule has 1 atom stereocenters. The maximum atomic E-state index is 14.3. The molecule has 0 unspecified atom stereocenters. The molecule has 1 saturated carbocycles. The van der Waals surface area contributed by atoms with Crippen molar-refractivity contribution in [2.24, 2.45) is 0 Å². The Morgan fingerprint density at radius 3 is 2.19 bits per heavy atom. The fourth-order valence-corrected chi connectivity index (χ4v) is 7.15. The maximum absolute atomic E-state index is 14.3. The fourth-order valence-electron chi connectivity index (χ4n) is 5.66. The quantitative estimate of drug-likeness (QED) is 0.289. The van der Waals surface area contributed by atoms with Gasteiger partial charge < -0.3 is 10.2 Å². The number of aryl methyl sites for hydroxylation is 2. The first-order valence-corrected chi connectivity index (χ1v) is 16.4. The van der Waals surface area contributed by atoms with E-state index in [-0.39, 0.29) is 16.8 Å². The van der Waals surface area contributed by atoms with Crippen LogP contribution in [0, 0.1) is 13.8 Å². The highest BCUT2D eigenvalue weighted by Crippen LogP contribution is 2.28. The van der Waals surface area contributed by atoms with Crippen molar-refractivity contribution in [2.45, 2.75) is 82.7 Å². The molecule has 1 N–H and O–H groups in total. The highest BCUT2D eigenvalue weighted by molar-refractivity contribution is 7.92. The number of hydrogen-bond acceptors (Lipinski definition) is 4. The Hall–Kier alpha value is -3.65. The second-order valence-corrected chi connectivity index (χ2v) is 13.1. The van der Waals surface area contributed by atoms with E-state index in [1.54, 1.807) is 29.2 Å². The van der Waals surface area contributed by atoms with Crippen LogP contribution in [0.1, 0.15) is 62.1 Å². The zero-order chi connectivity index (χ0) is 30.1. The van der Waals surface area contributed by atoms with E-state index in [2.05, 4.69) is 5.32 Å². The second-order valence-electron chi connectivity index (χ2n) is 11.2. The smallest absolute Gasteiger partial charge is 0.264 e. The molecule has 1 fully saturated rings. The number of sulfonamides is 1. The summed E-state index contributed by atoms with van der Waals surface area (Å²) in [5, 5.41) is 3.20. The molecule has 2 amide bonds. The van der Waals surface area contributed by atoms with E-state index in [1.165, 1.54) is 22.9 Å². The van der Waals surface area contributed by atoms with Gasteiger partial charge in [-0.05, 0) is 74.4 Å². The van der Waals surface area contributed by atoms with Crippen molar-refractivity contribution in [3.05, 3.63) is 95.6 Å². The lowest BCUT2D eigenvalue weighted by atomic mass is 9.95. The van der Waals surface area contributed by atoms with Crippen molar-refractivity contribution in [3.8, 4) is 0 Å². The van der Waals surface area contributed by atoms with Crippen LogP contribution < -0.4 is 9.62 Å². The molecular formula is C34H43N3O4S. The van der Waals surface area contributed by atoms with Gasteiger partial charge in [-0.1, -0.05) is 86.8 Å². The first-order chi connectivity index (χ1) is 20.2. The molecule has 0 bridgehead atoms. The van der Waals surface area contributed by atoms with Gasteiger partial charge in [0.1, 0.15) is 12.6 Å². The first-order valence-electron chi connectivity index (χ1n) is 15.0. The molecule has 0 spiro atoms. The molecule has 42 heavy (non-hydrogen) atoms. The van der Waals surface area contributed by atoms with Crippen LogP contribution in [0.5, 0.6) is 0 Å². The van der Waals surface area contributed by atoms with E-state index in [1.807, 2.05) is 63.2 Å². The molecule has 8 heteroatoms. The molecule has 0 radical (unpaired) electrons. The fraction of sp³-hybridized carbons (Fsp3) is 0.412. The van der Waals surface area contributed by atoms with Gasteiger partial charge in [-0.25, -0.2) is 8.42 Å². The summed E-state index contributed by atoms with van der Waals surface area (Å²) in [6.45, 7) is 5.52. The van der Waals surface area contributed by atoms with E-state index in [9.17, 15) is 18.0 Å². The van der Waals surface area contributed by atoms with E-state index >= 15 is 0 Å². The van der Waals surface area contributed by atoms with Gasteiger partial charge in [0, 0.05) is 12.6 Å². The Bertz CT molecular complexity index is 1440. The summed E-state index contributed by atoms with van der Waals surface area (Å²) in [5.41, 5.74) is 3.12. The van der Waals surface area contributed by atoms with Gasteiger partial charge in [-0.15, -0.1) is 0 Å². The van der Waals surface area contributed by atoms with E-state index in [4.69, 9.17) is 0 Å². The van der Waals surface area contributed by atoms with Crippen molar-refractivity contribution in [1.82, 2.24) is 10.2 Å². The number of hydrogen-bond donors (Lipinski definition) is 1. The second kappa shape index (κ2) is 14.5. The molecule has 1 aliphatic carbocycles. The molecule has 0 aliphatic heterocycles. The van der Waals surface area contributed by atoms with E-state index in [0.717, 1.165) is 42.4 Å². The first kappa shape index (κ1) is 31.3. The molecule has 3 aromatic rings. The topological polar surface area (TPSA) is 86.8 Å². The largest absolute Gasteiger partial charge is 0.352 e. The Morgan fingerprint density at radius 1 is 0.905 bits per heavy atom. The van der Waals surface area contributed by atoms with Crippen molar-refractivity contribution >= 4 is 27.5 Å². The minimum atomic E-state index is -4.08. The van der Waals surface area contributed by atoms with Gasteiger partial charge in [0.15, 0.2) is 0 Å². The number of benzene rings is 3. The van der Waals surface area contributed by atoms with Gasteiger partial charge in [-0.3, -0.25) is 13.9 Å². The van der Waals surface area contributed by atoms with Gasteiger partial charge in [0.25, 0.3) is 10.0 Å². The number of amides is 2. The SMILES string of the molecule is CC[C@@H](C(=O)NC1CCCCC1)N(CCc1ccccc1)C(=O)CN(c1cc(C)ccc1C)S(=O)(=O)c1ccccc1. The summed E-state index contributed by atoms with van der Waals surface area (Å²) < 4.78 is 29.3. The number of rotatable bonds is 12. The van der Waals surface area contributed by atoms with Crippen molar-refractivity contribution in [1.29, 1.82) is 0 Å². The lowest BCUT2D eigenvalue weighted by Crippen LogP contribution is -2.54. The van der Waals surface area contributed by atoms with Crippen molar-refractivity contribution in [2.75, 3.05) is 17.4 Å². The van der Waals surface area contributed by atoms with Crippen LogP contribution >= 0.6 is 0 Å². The number of anilines is 1. The Balaban J connectivity index is 1.69. The Kier molecular flexibility index (Phi) is 10.8. The third-order valence-electron chi connectivity index (χ3n) is 8.07. The molecule has 0 heterocycles. The number of nitrogens with zero attached hydrogens (tertiary/aromatic N) is 2. The average Bonchev–Trinajstić information content (AvgIpc) is 3.00. The number of carbonyl (C=O) groups is 2. The third kappa shape index (κ3) is 7.79. The highest BCUT2D eigenvalue weighted by Gasteiger charge is 2.34. The normalized spacial score (nSPS) is 14.6. The van der Waals surface area contributed by atoms with Gasteiger partial charge in [-0.2, -0.15) is 0 Å². The molecular weight excluding hydrogens is 546 g/mol. The Morgan fingerprint density at radius 2 is 1.55 bits per heavy atom. The molecule has 4 rings (SSSR count). The summed E-state index contributed by atoms with van der Waals surface area (Å²) in [6, 6.07) is 23.0. The lowest BCUT2D eigenvalue weighted by molar-refractivity contribution is -0.140. The maximum Gasteiger partial charge on any atom is 0.264 e. The van der Waals surface area contributed by atoms with Crippen molar-refractivity contribution in [3.63, 3.8) is 0 Å². The number of carbonyl (C=O) groups excluding carboxylic acids is 2. The van der Waals surface area contributed by atoms with Crippen LogP contribution in [-0.4, -0.2) is 50.3 Å². The van der Waals surface area contributed by atoms with E-state index < -0.39 is 28.5 Å². The zero-order valence-corrected chi connectivity index (χ0v) is 25.8. The average molecular weight is 590 g/mol. The molecule has 224 valence electrons. The summed E-state index contributed by atoms with van der Waals surface area (Å²) in [7, 11) is -4.08. The summed E-state index contributed by atoms with van der Waals surface area (Å²) >= 11 is 0. The Labute approximate surface area is 251 Å². The van der Waals surface area contributed by atoms with Crippen LogP contribution in [-0.2, 0) is 26.0 Å². The minimum Gasteiger partial charge on any atom is -0.352 e. The molecule has 3 aromatic carbocycles. The number of nitrogens with one attached hydrogen (secondary N) is 1. The summed E-state index contributed by atoms with van der Waals surface area (Å²) in [4.78, 5) is 29.6. The molecule has 0 saturated heterocycles. The standard InChI is InChI=1S/C34H43N3O4S/c1-4-31(34(39)35-29-16-10-6-11-17-29)36(23-22-28-14-8-5-9-15-28)33(38)25-37(32-24-26(2)20-21-27(32)3)42(40,41)30-18-12-7-13-19-30/h5,7-9,12-15,18-21,24,29,31H,4,6,10-11,16-17,22-23,25H2,1-3H3,(H,35,39)/t31-/m0/s1. The molecule has 7 nitrogen and oxygen atoms in total. The lowest BCUT2D eigenvalue weighted by Gasteiger charge is -2.34. The van der Waals surface area contributed by atoms with Crippen LogP contribution in [0.4, 0.5) is 5.69 Å². The zero-order valence-electron chi connectivity index (χ0n) is 25.0. The summed E-state index contributed by atoms with van der Waals surface area (Å²) in [6.07, 6.45) is 6.20. The van der Waals surface area contributed by atoms with Crippen LogP contribution in [0.3, 0.4) is 0 Å². The van der Waals surface area contributed by atoms with Gasteiger partial charge in [0.2, 0.25) is 11.8 Å². The van der Waals surface area contributed by atoms with Crippen LogP contribution in [0.15, 0.2) is 83.8 Å². The third-order valence-corrected chi connectivity index (χ3v) is 9.84. The predicted octanol–water partition coefficient (Wildman–Crippen LogP) is 5.80. The summed E-state index contributed by atoms with van der Waals surface area (Å²) in [5.74, 6) is -0.577. The monoisotopic (exact) mass is 589 g/mol.